The number of hydrogen-bond donors (Lipinski definition) is 1. The molecule has 1 heterocycles. The summed E-state index contributed by atoms with van der Waals surface area (Å²) < 4.78 is 0. The molecule has 0 amide bonds. The van der Waals surface area contributed by atoms with Crippen molar-refractivity contribution in [3.63, 3.8) is 0 Å². The zero-order chi connectivity index (χ0) is 13.5. The molecule has 0 saturated carbocycles. The van der Waals surface area contributed by atoms with Crippen molar-refractivity contribution in [3.8, 4) is 0 Å². The Labute approximate surface area is 111 Å². The van der Waals surface area contributed by atoms with Crippen LogP contribution in [0.2, 0.25) is 0 Å². The molecule has 0 aliphatic heterocycles. The first-order valence-corrected chi connectivity index (χ1v) is 6.44. The van der Waals surface area contributed by atoms with Gasteiger partial charge < -0.3 is 5.11 Å². The zero-order valence-corrected chi connectivity index (χ0v) is 11.3. The smallest absolute Gasteiger partial charge is 0.336 e. The van der Waals surface area contributed by atoms with E-state index in [2.05, 4.69) is 6.58 Å². The average molecular weight is 260 g/mol. The van der Waals surface area contributed by atoms with E-state index in [0.29, 0.717) is 5.57 Å². The highest BCUT2D eigenvalue weighted by atomic mass is 32.1. The number of hydrogen-bond acceptors (Lipinski definition) is 2. The molecule has 94 valence electrons. The Kier molecular flexibility index (Phi) is 5.33. The number of rotatable bonds is 5. The summed E-state index contributed by atoms with van der Waals surface area (Å²) >= 11 is 1.49. The monoisotopic (exact) mass is 260 g/mol. The Morgan fingerprint density at radius 2 is 2.17 bits per heavy atom. The van der Waals surface area contributed by atoms with Gasteiger partial charge in [0.15, 0.2) is 0 Å². The summed E-state index contributed by atoms with van der Waals surface area (Å²) in [6, 6.07) is 1.82. The quantitative estimate of drug-likeness (QED) is 0.633. The number of thiophene rings is 1. The topological polar surface area (TPSA) is 37.3 Å². The number of aliphatic carboxylic acids is 1. The molecule has 1 rings (SSSR count). The second-order valence-corrected chi connectivity index (χ2v) is 4.63. The van der Waals surface area contributed by atoms with E-state index in [9.17, 15) is 9.90 Å². The summed E-state index contributed by atoms with van der Waals surface area (Å²) in [6.07, 6.45) is 7.28. The van der Waals surface area contributed by atoms with Crippen LogP contribution < -0.4 is 0 Å². The molecule has 0 aromatic carbocycles. The van der Waals surface area contributed by atoms with Crippen molar-refractivity contribution in [2.45, 2.75) is 13.8 Å². The number of carboxylic acid groups (broad SMARTS) is 1. The van der Waals surface area contributed by atoms with Crippen molar-refractivity contribution in [2.75, 3.05) is 0 Å². The zero-order valence-electron chi connectivity index (χ0n) is 10.5. The van der Waals surface area contributed by atoms with Gasteiger partial charge in [0.25, 0.3) is 0 Å². The van der Waals surface area contributed by atoms with Gasteiger partial charge in [-0.3, -0.25) is 0 Å². The van der Waals surface area contributed by atoms with Crippen LogP contribution in [0.4, 0.5) is 0 Å². The standard InChI is InChI=1S/C15H16O2S/c1-4-11(2)6-5-7-12(3)14(15(16)17)13-8-9-18-10-13/h4-10H,1H2,2-3H3,(H,16,17)/b7-5+,11-6+,14-12+. The van der Waals surface area contributed by atoms with Gasteiger partial charge in [0.1, 0.15) is 0 Å². The Morgan fingerprint density at radius 1 is 1.44 bits per heavy atom. The summed E-state index contributed by atoms with van der Waals surface area (Å²) in [7, 11) is 0. The highest BCUT2D eigenvalue weighted by Crippen LogP contribution is 2.22. The Hall–Kier alpha value is -1.87. The molecular formula is C15H16O2S. The van der Waals surface area contributed by atoms with Crippen molar-refractivity contribution < 1.29 is 9.90 Å². The van der Waals surface area contributed by atoms with Gasteiger partial charge in [0.05, 0.1) is 5.57 Å². The van der Waals surface area contributed by atoms with Crippen molar-refractivity contribution in [1.82, 2.24) is 0 Å². The first-order chi connectivity index (χ1) is 8.56. The van der Waals surface area contributed by atoms with E-state index < -0.39 is 5.97 Å². The highest BCUT2D eigenvalue weighted by Gasteiger charge is 2.12. The third-order valence-corrected chi connectivity index (χ3v) is 3.13. The summed E-state index contributed by atoms with van der Waals surface area (Å²) in [4.78, 5) is 11.3. The molecule has 0 aliphatic carbocycles. The summed E-state index contributed by atoms with van der Waals surface area (Å²) in [5.41, 5.74) is 2.86. The summed E-state index contributed by atoms with van der Waals surface area (Å²) in [5, 5.41) is 13.0. The second kappa shape index (κ2) is 6.77. The van der Waals surface area contributed by atoms with E-state index in [1.54, 1.807) is 19.1 Å². The van der Waals surface area contributed by atoms with Crippen molar-refractivity contribution in [2.24, 2.45) is 0 Å². The lowest BCUT2D eigenvalue weighted by molar-refractivity contribution is -0.130. The lowest BCUT2D eigenvalue weighted by Crippen LogP contribution is -2.00. The normalized spacial score (nSPS) is 13.6. The molecular weight excluding hydrogens is 244 g/mol. The first-order valence-electron chi connectivity index (χ1n) is 5.50. The minimum atomic E-state index is -0.903. The molecule has 1 aromatic rings. The number of allylic oxidation sites excluding steroid dienone is 6. The van der Waals surface area contributed by atoms with Crippen LogP contribution in [0.15, 0.2) is 58.9 Å². The second-order valence-electron chi connectivity index (χ2n) is 3.85. The lowest BCUT2D eigenvalue weighted by atomic mass is 10.0. The van der Waals surface area contributed by atoms with Crippen molar-refractivity contribution in [3.05, 3.63) is 64.4 Å². The Morgan fingerprint density at radius 3 is 2.67 bits per heavy atom. The predicted octanol–water partition coefficient (Wildman–Crippen LogP) is 4.29. The molecule has 0 bridgehead atoms. The van der Waals surface area contributed by atoms with Crippen LogP contribution >= 0.6 is 11.3 Å². The minimum absolute atomic E-state index is 0.345. The average Bonchev–Trinajstić information content (AvgIpc) is 2.82. The Balaban J connectivity index is 3.07. The van der Waals surface area contributed by atoms with Crippen molar-refractivity contribution >= 4 is 22.9 Å². The van der Waals surface area contributed by atoms with Gasteiger partial charge in [-0.1, -0.05) is 36.5 Å². The van der Waals surface area contributed by atoms with E-state index in [-0.39, 0.29) is 0 Å². The maximum absolute atomic E-state index is 11.3. The maximum Gasteiger partial charge on any atom is 0.336 e. The molecule has 0 unspecified atom stereocenters. The molecule has 18 heavy (non-hydrogen) atoms. The Bertz CT molecular complexity index is 517. The molecule has 0 saturated heterocycles. The lowest BCUT2D eigenvalue weighted by Gasteiger charge is -2.02. The van der Waals surface area contributed by atoms with Gasteiger partial charge in [-0.15, -0.1) is 0 Å². The van der Waals surface area contributed by atoms with Gasteiger partial charge in [-0.2, -0.15) is 11.3 Å². The van der Waals surface area contributed by atoms with E-state index in [4.69, 9.17) is 0 Å². The van der Waals surface area contributed by atoms with Crippen molar-refractivity contribution in [1.29, 1.82) is 0 Å². The summed E-state index contributed by atoms with van der Waals surface area (Å²) in [5.74, 6) is -0.903. The number of carbonyl (C=O) groups is 1. The molecule has 3 heteroatoms. The van der Waals surface area contributed by atoms with Gasteiger partial charge in [0, 0.05) is 0 Å². The van der Waals surface area contributed by atoms with Crippen LogP contribution in [-0.2, 0) is 4.79 Å². The van der Waals surface area contributed by atoms with E-state index >= 15 is 0 Å². The molecule has 2 nitrogen and oxygen atoms in total. The fourth-order valence-corrected chi connectivity index (χ4v) is 2.07. The minimum Gasteiger partial charge on any atom is -0.478 e. The molecule has 0 spiro atoms. The van der Waals surface area contributed by atoms with Crippen LogP contribution in [0, 0.1) is 0 Å². The highest BCUT2D eigenvalue weighted by molar-refractivity contribution is 7.08. The fraction of sp³-hybridized carbons (Fsp3) is 0.133. The van der Waals surface area contributed by atoms with Gasteiger partial charge in [0.2, 0.25) is 0 Å². The van der Waals surface area contributed by atoms with Crippen LogP contribution in [0.3, 0.4) is 0 Å². The fourth-order valence-electron chi connectivity index (χ4n) is 1.42. The molecule has 0 aliphatic rings. The van der Waals surface area contributed by atoms with Crippen LogP contribution in [0.25, 0.3) is 5.57 Å². The molecule has 1 N–H and O–H groups in total. The van der Waals surface area contributed by atoms with E-state index in [1.807, 2.05) is 35.9 Å². The van der Waals surface area contributed by atoms with Crippen LogP contribution in [0.1, 0.15) is 19.4 Å². The third-order valence-electron chi connectivity index (χ3n) is 2.45. The predicted molar refractivity (Wildman–Crippen MR) is 77.6 cm³/mol. The number of carboxylic acids is 1. The van der Waals surface area contributed by atoms with E-state index in [0.717, 1.165) is 16.7 Å². The maximum atomic E-state index is 11.3. The van der Waals surface area contributed by atoms with Crippen LogP contribution in [0.5, 0.6) is 0 Å². The molecule has 0 radical (unpaired) electrons. The molecule has 0 fully saturated rings. The molecule has 0 atom stereocenters. The largest absolute Gasteiger partial charge is 0.478 e. The van der Waals surface area contributed by atoms with Crippen LogP contribution in [-0.4, -0.2) is 11.1 Å². The van der Waals surface area contributed by atoms with Gasteiger partial charge >= 0.3 is 5.97 Å². The summed E-state index contributed by atoms with van der Waals surface area (Å²) in [6.45, 7) is 7.39. The molecule has 1 aromatic heterocycles. The van der Waals surface area contributed by atoms with Gasteiger partial charge in [-0.25, -0.2) is 4.79 Å². The van der Waals surface area contributed by atoms with E-state index in [1.165, 1.54) is 11.3 Å². The van der Waals surface area contributed by atoms with Gasteiger partial charge in [-0.05, 0) is 41.8 Å². The first kappa shape index (κ1) is 14.2. The SMILES string of the molecule is C=C/C(C)=C/C=C/C(C)=C(/C(=O)O)c1ccsc1. The third kappa shape index (κ3) is 3.86.